The van der Waals surface area contributed by atoms with Gasteiger partial charge in [0.25, 0.3) is 11.5 Å². The van der Waals surface area contributed by atoms with E-state index in [9.17, 15) is 14.4 Å². The molecule has 1 aromatic carbocycles. The van der Waals surface area contributed by atoms with E-state index in [-0.39, 0.29) is 29.5 Å². The fraction of sp³-hybridized carbons (Fsp3) is 0.421. The van der Waals surface area contributed by atoms with Crippen LogP contribution >= 0.6 is 0 Å². The summed E-state index contributed by atoms with van der Waals surface area (Å²) in [4.78, 5) is 40.9. The summed E-state index contributed by atoms with van der Waals surface area (Å²) in [6.07, 6.45) is 3.81. The van der Waals surface area contributed by atoms with Gasteiger partial charge < -0.3 is 15.6 Å². The van der Waals surface area contributed by atoms with E-state index in [1.54, 1.807) is 25.2 Å². The monoisotopic (exact) mass is 356 g/mol. The molecule has 1 fully saturated rings. The number of H-pyrrole nitrogens is 1. The van der Waals surface area contributed by atoms with Crippen LogP contribution < -0.4 is 16.2 Å². The first-order chi connectivity index (χ1) is 12.5. The molecule has 1 aliphatic rings. The number of nitrogens with one attached hydrogen (secondary N) is 3. The maximum absolute atomic E-state index is 12.6. The molecule has 2 heterocycles. The Balaban J connectivity index is 1.66. The van der Waals surface area contributed by atoms with E-state index < -0.39 is 0 Å². The topological polar surface area (TPSA) is 94.3 Å². The number of hydrogen-bond donors (Lipinski definition) is 3. The molecular weight excluding hydrogens is 332 g/mol. The summed E-state index contributed by atoms with van der Waals surface area (Å²) in [5.41, 5.74) is 0.257. The van der Waals surface area contributed by atoms with Crippen molar-refractivity contribution in [3.63, 3.8) is 0 Å². The number of aromatic amines is 1. The number of benzene rings is 1. The zero-order valence-corrected chi connectivity index (χ0v) is 15.0. The van der Waals surface area contributed by atoms with Crippen LogP contribution in [0.25, 0.3) is 10.8 Å². The van der Waals surface area contributed by atoms with E-state index in [4.69, 9.17) is 0 Å². The second kappa shape index (κ2) is 7.70. The van der Waals surface area contributed by atoms with Gasteiger partial charge in [-0.15, -0.1) is 0 Å². The maximum Gasteiger partial charge on any atom is 0.255 e. The SMILES string of the molecule is CNC(=O)C[C@H]1CC[C@@H](CNC(=O)c2c[nH]c(=O)c3ccccc23)N1C. The molecule has 0 bridgehead atoms. The van der Waals surface area contributed by atoms with Crippen LogP contribution in [0.3, 0.4) is 0 Å². The zero-order chi connectivity index (χ0) is 18.7. The molecule has 2 atom stereocenters. The Morgan fingerprint density at radius 1 is 1.19 bits per heavy atom. The van der Waals surface area contributed by atoms with Crippen molar-refractivity contribution in [1.82, 2.24) is 20.5 Å². The molecule has 0 aliphatic carbocycles. The zero-order valence-electron chi connectivity index (χ0n) is 15.0. The Bertz CT molecular complexity index is 876. The predicted molar refractivity (Wildman–Crippen MR) is 100 cm³/mol. The van der Waals surface area contributed by atoms with Crippen LogP contribution in [0.1, 0.15) is 29.6 Å². The Kier molecular flexibility index (Phi) is 5.37. The van der Waals surface area contributed by atoms with Crippen molar-refractivity contribution < 1.29 is 9.59 Å². The van der Waals surface area contributed by atoms with Gasteiger partial charge in [0.15, 0.2) is 0 Å². The summed E-state index contributed by atoms with van der Waals surface area (Å²) in [6.45, 7) is 0.507. The Morgan fingerprint density at radius 2 is 1.88 bits per heavy atom. The third-order valence-corrected chi connectivity index (χ3v) is 5.24. The van der Waals surface area contributed by atoms with Gasteiger partial charge in [0.1, 0.15) is 0 Å². The van der Waals surface area contributed by atoms with Gasteiger partial charge in [-0.05, 0) is 26.0 Å². The van der Waals surface area contributed by atoms with Gasteiger partial charge in [0.05, 0.1) is 5.56 Å². The van der Waals surface area contributed by atoms with Crippen LogP contribution in [0.2, 0.25) is 0 Å². The van der Waals surface area contributed by atoms with Gasteiger partial charge in [-0.25, -0.2) is 0 Å². The molecule has 1 saturated heterocycles. The molecule has 2 aromatic rings. The molecule has 2 amide bonds. The molecule has 1 aliphatic heterocycles. The number of rotatable bonds is 5. The lowest BCUT2D eigenvalue weighted by Gasteiger charge is -2.25. The van der Waals surface area contributed by atoms with E-state index in [1.807, 2.05) is 13.1 Å². The Hall–Kier alpha value is -2.67. The van der Waals surface area contributed by atoms with Crippen LogP contribution in [0, 0.1) is 0 Å². The normalized spacial score (nSPS) is 20.2. The fourth-order valence-corrected chi connectivity index (χ4v) is 3.60. The number of carbonyl (C=O) groups is 2. The van der Waals surface area contributed by atoms with Crippen LogP contribution in [-0.4, -0.2) is 54.4 Å². The molecule has 0 unspecified atom stereocenters. The van der Waals surface area contributed by atoms with Crippen molar-refractivity contribution in [3.05, 3.63) is 46.4 Å². The van der Waals surface area contributed by atoms with E-state index in [0.29, 0.717) is 29.3 Å². The molecule has 3 N–H and O–H groups in total. The summed E-state index contributed by atoms with van der Waals surface area (Å²) < 4.78 is 0. The highest BCUT2D eigenvalue weighted by Gasteiger charge is 2.31. The van der Waals surface area contributed by atoms with Crippen molar-refractivity contribution in [1.29, 1.82) is 0 Å². The number of fused-ring (bicyclic) bond motifs is 1. The largest absolute Gasteiger partial charge is 0.359 e. The van der Waals surface area contributed by atoms with Crippen LogP contribution in [0.4, 0.5) is 0 Å². The van der Waals surface area contributed by atoms with Gasteiger partial charge >= 0.3 is 0 Å². The van der Waals surface area contributed by atoms with Gasteiger partial charge in [0, 0.05) is 49.1 Å². The number of pyridine rings is 1. The smallest absolute Gasteiger partial charge is 0.255 e. The molecule has 7 nitrogen and oxygen atoms in total. The highest BCUT2D eigenvalue weighted by Crippen LogP contribution is 2.24. The van der Waals surface area contributed by atoms with Crippen molar-refractivity contribution in [3.8, 4) is 0 Å². The number of amides is 2. The van der Waals surface area contributed by atoms with Crippen molar-refractivity contribution >= 4 is 22.6 Å². The van der Waals surface area contributed by atoms with Gasteiger partial charge in [-0.1, -0.05) is 18.2 Å². The second-order valence-electron chi connectivity index (χ2n) is 6.71. The summed E-state index contributed by atoms with van der Waals surface area (Å²) in [7, 11) is 3.64. The number of aromatic nitrogens is 1. The van der Waals surface area contributed by atoms with E-state index in [2.05, 4.69) is 20.5 Å². The number of likely N-dealkylation sites (tertiary alicyclic amines) is 1. The summed E-state index contributed by atoms with van der Waals surface area (Å²) >= 11 is 0. The van der Waals surface area contributed by atoms with Crippen LogP contribution in [0.5, 0.6) is 0 Å². The molecule has 0 radical (unpaired) electrons. The number of hydrogen-bond acceptors (Lipinski definition) is 4. The van der Waals surface area contributed by atoms with Crippen LogP contribution in [-0.2, 0) is 4.79 Å². The molecular formula is C19H24N4O3. The first kappa shape index (κ1) is 18.1. The highest BCUT2D eigenvalue weighted by atomic mass is 16.2. The fourth-order valence-electron chi connectivity index (χ4n) is 3.60. The number of likely N-dealkylation sites (N-methyl/N-ethyl adjacent to an activating group) is 1. The quantitative estimate of drug-likeness (QED) is 0.740. The van der Waals surface area contributed by atoms with Crippen molar-refractivity contribution in [2.75, 3.05) is 20.6 Å². The number of carbonyl (C=O) groups excluding carboxylic acids is 2. The summed E-state index contributed by atoms with van der Waals surface area (Å²) in [5.74, 6) is -0.174. The first-order valence-electron chi connectivity index (χ1n) is 8.82. The third-order valence-electron chi connectivity index (χ3n) is 5.24. The molecule has 138 valence electrons. The minimum absolute atomic E-state index is 0.0336. The lowest BCUT2D eigenvalue weighted by molar-refractivity contribution is -0.121. The Morgan fingerprint density at radius 3 is 2.62 bits per heavy atom. The van der Waals surface area contributed by atoms with E-state index >= 15 is 0 Å². The maximum atomic E-state index is 12.6. The average molecular weight is 356 g/mol. The second-order valence-corrected chi connectivity index (χ2v) is 6.71. The first-order valence-corrected chi connectivity index (χ1v) is 8.82. The van der Waals surface area contributed by atoms with E-state index in [0.717, 1.165) is 12.8 Å². The lowest BCUT2D eigenvalue weighted by Crippen LogP contribution is -2.42. The predicted octanol–water partition coefficient (Wildman–Crippen LogP) is 0.857. The minimum atomic E-state index is -0.208. The van der Waals surface area contributed by atoms with Gasteiger partial charge in [-0.3, -0.25) is 19.3 Å². The van der Waals surface area contributed by atoms with Crippen molar-refractivity contribution in [2.24, 2.45) is 0 Å². The number of nitrogens with zero attached hydrogens (tertiary/aromatic N) is 1. The lowest BCUT2D eigenvalue weighted by atomic mass is 10.1. The molecule has 3 rings (SSSR count). The highest BCUT2D eigenvalue weighted by molar-refractivity contribution is 6.06. The third kappa shape index (κ3) is 3.62. The summed E-state index contributed by atoms with van der Waals surface area (Å²) in [6, 6.07) is 7.47. The minimum Gasteiger partial charge on any atom is -0.359 e. The van der Waals surface area contributed by atoms with Gasteiger partial charge in [0.2, 0.25) is 5.91 Å². The van der Waals surface area contributed by atoms with E-state index in [1.165, 1.54) is 6.20 Å². The Labute approximate surface area is 151 Å². The molecule has 0 saturated carbocycles. The molecule has 0 spiro atoms. The molecule has 1 aromatic heterocycles. The molecule has 26 heavy (non-hydrogen) atoms. The summed E-state index contributed by atoms with van der Waals surface area (Å²) in [5, 5.41) is 6.77. The average Bonchev–Trinajstić information content (AvgIpc) is 3.00. The van der Waals surface area contributed by atoms with Crippen molar-refractivity contribution in [2.45, 2.75) is 31.3 Å². The molecule has 7 heteroatoms. The van der Waals surface area contributed by atoms with Crippen LogP contribution in [0.15, 0.2) is 35.3 Å². The standard InChI is InChI=1S/C19H24N4O3/c1-20-17(24)9-12-7-8-13(23(12)2)10-21-19(26)16-11-22-18(25)15-6-4-3-5-14(15)16/h3-6,11-13H,7-10H2,1-2H3,(H,20,24)(H,21,26)(H,22,25)/t12-,13+/m1/s1. The van der Waals surface area contributed by atoms with Gasteiger partial charge in [-0.2, -0.15) is 0 Å².